The predicted molar refractivity (Wildman–Crippen MR) is 82.0 cm³/mol. The summed E-state index contributed by atoms with van der Waals surface area (Å²) in [4.78, 5) is 26.8. The van der Waals surface area contributed by atoms with Gasteiger partial charge in [-0.1, -0.05) is 36.8 Å². The minimum atomic E-state index is -4.63. The third-order valence-corrected chi connectivity index (χ3v) is 4.59. The van der Waals surface area contributed by atoms with Crippen molar-refractivity contribution >= 4 is 23.5 Å². The number of pyridine rings is 1. The van der Waals surface area contributed by atoms with Gasteiger partial charge in [-0.3, -0.25) is 9.78 Å². The van der Waals surface area contributed by atoms with Gasteiger partial charge in [0.15, 0.2) is 0 Å². The summed E-state index contributed by atoms with van der Waals surface area (Å²) in [6.45, 7) is 1.43. The molecule has 5 nitrogen and oxygen atoms in total. The molecule has 1 aromatic rings. The Kier molecular flexibility index (Phi) is 4.94. The number of alkyl halides is 3. The summed E-state index contributed by atoms with van der Waals surface area (Å²) >= 11 is 5.86. The van der Waals surface area contributed by atoms with Crippen LogP contribution in [0.1, 0.15) is 18.2 Å². The van der Waals surface area contributed by atoms with Crippen molar-refractivity contribution < 1.29 is 33.0 Å². The standard InChI is InChI=1S/C16H13ClF3NO4/c1-8-10(13(22)23)3-2-4-15(8,14(24)25)6-12-11(17)5-9(7-21-12)16(18,19)20/h2-5,7-8H,6H2,1H3,(H,22,23)(H,24,25). The zero-order valence-electron chi connectivity index (χ0n) is 12.8. The molecule has 1 aliphatic rings. The number of carbonyl (C=O) groups is 2. The Bertz CT molecular complexity index is 788. The van der Waals surface area contributed by atoms with E-state index < -0.39 is 35.0 Å². The van der Waals surface area contributed by atoms with Crippen LogP contribution in [0.2, 0.25) is 5.02 Å². The van der Waals surface area contributed by atoms with Crippen molar-refractivity contribution in [3.63, 3.8) is 0 Å². The molecule has 0 radical (unpaired) electrons. The lowest BCUT2D eigenvalue weighted by atomic mass is 9.67. The van der Waals surface area contributed by atoms with Crippen LogP contribution in [-0.4, -0.2) is 27.1 Å². The molecule has 2 atom stereocenters. The normalized spacial score (nSPS) is 23.2. The average molecular weight is 376 g/mol. The minimum absolute atomic E-state index is 0.0554. The first kappa shape index (κ1) is 19.0. The van der Waals surface area contributed by atoms with Crippen LogP contribution < -0.4 is 0 Å². The molecule has 1 aromatic heterocycles. The van der Waals surface area contributed by atoms with Crippen LogP contribution in [-0.2, 0) is 22.2 Å². The number of carboxylic acids is 2. The maximum absolute atomic E-state index is 12.7. The first-order valence-corrected chi connectivity index (χ1v) is 7.44. The fraction of sp³-hybridized carbons (Fsp3) is 0.312. The number of nitrogens with zero attached hydrogens (tertiary/aromatic N) is 1. The first-order valence-electron chi connectivity index (χ1n) is 7.07. The van der Waals surface area contributed by atoms with Gasteiger partial charge in [-0.2, -0.15) is 13.2 Å². The number of halogens is 4. The van der Waals surface area contributed by atoms with Gasteiger partial charge in [0.05, 0.1) is 21.7 Å². The van der Waals surface area contributed by atoms with Crippen LogP contribution >= 0.6 is 11.6 Å². The molecule has 134 valence electrons. The van der Waals surface area contributed by atoms with E-state index in [1.807, 2.05) is 0 Å². The summed E-state index contributed by atoms with van der Waals surface area (Å²) in [7, 11) is 0. The van der Waals surface area contributed by atoms with E-state index in [0.29, 0.717) is 12.3 Å². The van der Waals surface area contributed by atoms with Gasteiger partial charge >= 0.3 is 18.1 Å². The van der Waals surface area contributed by atoms with Crippen LogP contribution in [0.5, 0.6) is 0 Å². The van der Waals surface area contributed by atoms with Crippen LogP contribution in [0.15, 0.2) is 36.1 Å². The molecular formula is C16H13ClF3NO4. The molecule has 0 bridgehead atoms. The van der Waals surface area contributed by atoms with Crippen molar-refractivity contribution in [3.05, 3.63) is 52.3 Å². The van der Waals surface area contributed by atoms with E-state index in [1.165, 1.54) is 25.2 Å². The highest BCUT2D eigenvalue weighted by Crippen LogP contribution is 2.42. The van der Waals surface area contributed by atoms with Gasteiger partial charge in [0.25, 0.3) is 0 Å². The molecule has 1 aliphatic carbocycles. The number of rotatable bonds is 4. The van der Waals surface area contributed by atoms with Gasteiger partial charge in [0, 0.05) is 24.1 Å². The van der Waals surface area contributed by atoms with Gasteiger partial charge in [0.1, 0.15) is 0 Å². The van der Waals surface area contributed by atoms with Crippen molar-refractivity contribution in [3.8, 4) is 0 Å². The molecule has 1 heterocycles. The van der Waals surface area contributed by atoms with Gasteiger partial charge < -0.3 is 10.2 Å². The van der Waals surface area contributed by atoms with Crippen LogP contribution in [0, 0.1) is 11.3 Å². The van der Waals surface area contributed by atoms with Crippen molar-refractivity contribution in [2.45, 2.75) is 19.5 Å². The summed E-state index contributed by atoms with van der Waals surface area (Å²) < 4.78 is 38.1. The Morgan fingerprint density at radius 1 is 1.36 bits per heavy atom. The molecule has 0 amide bonds. The SMILES string of the molecule is CC1C(C(=O)O)=CC=CC1(Cc1ncc(C(F)(F)F)cc1Cl)C(=O)O. The maximum Gasteiger partial charge on any atom is 0.417 e. The fourth-order valence-corrected chi connectivity index (χ4v) is 2.95. The lowest BCUT2D eigenvalue weighted by molar-refractivity contribution is -0.148. The number of aromatic nitrogens is 1. The van der Waals surface area contributed by atoms with E-state index in [9.17, 15) is 33.0 Å². The first-order chi connectivity index (χ1) is 11.5. The molecule has 0 aromatic carbocycles. The largest absolute Gasteiger partial charge is 0.481 e. The highest BCUT2D eigenvalue weighted by Gasteiger charge is 2.46. The van der Waals surface area contributed by atoms with E-state index in [2.05, 4.69) is 4.98 Å². The van der Waals surface area contributed by atoms with Crippen LogP contribution in [0.25, 0.3) is 0 Å². The number of hydrogen-bond acceptors (Lipinski definition) is 3. The Morgan fingerprint density at radius 3 is 2.48 bits per heavy atom. The summed E-state index contributed by atoms with van der Waals surface area (Å²) in [6, 6.07) is 0.671. The van der Waals surface area contributed by atoms with Gasteiger partial charge in [-0.25, -0.2) is 4.79 Å². The topological polar surface area (TPSA) is 87.5 Å². The summed E-state index contributed by atoms with van der Waals surface area (Å²) in [5.41, 5.74) is -2.91. The molecular weight excluding hydrogens is 363 g/mol. The number of carboxylic acid groups (broad SMARTS) is 2. The molecule has 25 heavy (non-hydrogen) atoms. The zero-order chi connectivity index (χ0) is 19.0. The predicted octanol–water partition coefficient (Wildman–Crippen LogP) is 3.58. The molecule has 2 rings (SSSR count). The van der Waals surface area contributed by atoms with Gasteiger partial charge in [-0.05, 0) is 6.07 Å². The summed E-state index contributed by atoms with van der Waals surface area (Å²) in [6.07, 6.45) is -0.506. The molecule has 0 fully saturated rings. The average Bonchev–Trinajstić information content (AvgIpc) is 2.49. The second-order valence-corrected chi connectivity index (χ2v) is 6.09. The third kappa shape index (κ3) is 3.53. The van der Waals surface area contributed by atoms with E-state index in [-0.39, 0.29) is 22.7 Å². The van der Waals surface area contributed by atoms with E-state index >= 15 is 0 Å². The highest BCUT2D eigenvalue weighted by molar-refractivity contribution is 6.31. The lowest BCUT2D eigenvalue weighted by Crippen LogP contribution is -2.41. The van der Waals surface area contributed by atoms with Crippen molar-refractivity contribution in [1.29, 1.82) is 0 Å². The Hall–Kier alpha value is -2.35. The lowest BCUT2D eigenvalue weighted by Gasteiger charge is -2.35. The summed E-state index contributed by atoms with van der Waals surface area (Å²) in [5, 5.41) is 18.5. The molecule has 0 saturated heterocycles. The van der Waals surface area contributed by atoms with Crippen molar-refractivity contribution in [2.75, 3.05) is 0 Å². The van der Waals surface area contributed by atoms with E-state index in [1.54, 1.807) is 0 Å². The quantitative estimate of drug-likeness (QED) is 0.839. The number of hydrogen-bond donors (Lipinski definition) is 2. The van der Waals surface area contributed by atoms with Gasteiger partial charge in [-0.15, -0.1) is 0 Å². The van der Waals surface area contributed by atoms with Gasteiger partial charge in [0.2, 0.25) is 0 Å². The second-order valence-electron chi connectivity index (χ2n) is 5.68. The Morgan fingerprint density at radius 2 is 2.00 bits per heavy atom. The summed E-state index contributed by atoms with van der Waals surface area (Å²) in [5.74, 6) is -3.53. The Balaban J connectivity index is 2.45. The van der Waals surface area contributed by atoms with Crippen molar-refractivity contribution in [1.82, 2.24) is 4.98 Å². The smallest absolute Gasteiger partial charge is 0.417 e. The number of aliphatic carboxylic acids is 2. The molecule has 2 unspecified atom stereocenters. The molecule has 0 saturated carbocycles. The third-order valence-electron chi connectivity index (χ3n) is 4.26. The zero-order valence-corrected chi connectivity index (χ0v) is 13.6. The molecule has 9 heteroatoms. The van der Waals surface area contributed by atoms with Crippen LogP contribution in [0.4, 0.5) is 13.2 Å². The van der Waals surface area contributed by atoms with Crippen LogP contribution in [0.3, 0.4) is 0 Å². The van der Waals surface area contributed by atoms with Crippen molar-refractivity contribution in [2.24, 2.45) is 11.3 Å². The molecule has 0 spiro atoms. The molecule has 0 aliphatic heterocycles. The second kappa shape index (κ2) is 6.51. The fourth-order valence-electron chi connectivity index (χ4n) is 2.72. The van der Waals surface area contributed by atoms with E-state index in [0.717, 1.165) is 0 Å². The Labute approximate surface area is 145 Å². The highest BCUT2D eigenvalue weighted by atomic mass is 35.5. The minimum Gasteiger partial charge on any atom is -0.481 e. The number of allylic oxidation sites excluding steroid dienone is 2. The monoisotopic (exact) mass is 375 g/mol. The molecule has 2 N–H and O–H groups in total. The van der Waals surface area contributed by atoms with E-state index in [4.69, 9.17) is 11.6 Å². The maximum atomic E-state index is 12.7.